The molecule has 5 saturated heterocycles. The number of esters is 2. The lowest BCUT2D eigenvalue weighted by atomic mass is 9.90. The largest absolute Gasteiger partial charge is 0.478 e. The molecule has 11 nitrogen and oxygen atoms in total. The van der Waals surface area contributed by atoms with Gasteiger partial charge in [-0.05, 0) is 70.6 Å². The van der Waals surface area contributed by atoms with Gasteiger partial charge in [-0.2, -0.15) is 0 Å². The van der Waals surface area contributed by atoms with Crippen molar-refractivity contribution in [2.45, 2.75) is 338 Å². The summed E-state index contributed by atoms with van der Waals surface area (Å²) in [6, 6.07) is 0. The Bertz CT molecular complexity index is 1380. The Morgan fingerprint density at radius 1 is 0.391 bits per heavy atom. The second kappa shape index (κ2) is 34.6. The van der Waals surface area contributed by atoms with Crippen molar-refractivity contribution in [3.05, 3.63) is 0 Å². The molecule has 0 saturated carbocycles. The summed E-state index contributed by atoms with van der Waals surface area (Å²) in [5, 5.41) is 10.3. The standard InChI is InChI=1S/C58H102O11/c1-4-7-10-12-15-24-34-45-46(64-45)35-27-20-22-31-44(32-30-41-63-55(59)39-28-18-13-16-25-37-49-53(67-49)42-51-47(65-51)33-21-9-6-3)57(58(61)62)69-56(60)40-29-19-14-17-26-38-50-54(68-50)43-52-48(66-52)36-23-11-8-5-2/h44-54,57H,4-43H2,1-3H3,(H,61,62). The average molecular weight is 975 g/mol. The third kappa shape index (κ3) is 26.1. The topological polar surface area (TPSA) is 153 Å². The van der Waals surface area contributed by atoms with Crippen LogP contribution in [0.25, 0.3) is 0 Å². The van der Waals surface area contributed by atoms with Gasteiger partial charge in [0.1, 0.15) is 0 Å². The van der Waals surface area contributed by atoms with E-state index in [1.165, 1.54) is 96.3 Å². The van der Waals surface area contributed by atoms with Crippen LogP contribution in [0.3, 0.4) is 0 Å². The Morgan fingerprint density at radius 3 is 1.16 bits per heavy atom. The lowest BCUT2D eigenvalue weighted by Crippen LogP contribution is -2.35. The van der Waals surface area contributed by atoms with Gasteiger partial charge in [-0.25, -0.2) is 4.79 Å². The molecule has 5 rings (SSSR count). The number of rotatable bonds is 49. The second-order valence-corrected chi connectivity index (χ2v) is 22.1. The number of unbranched alkanes of at least 4 members (excludes halogenated alkanes) is 20. The zero-order valence-corrected chi connectivity index (χ0v) is 44.2. The van der Waals surface area contributed by atoms with Gasteiger partial charge in [0.2, 0.25) is 6.10 Å². The molecular weight excluding hydrogens is 873 g/mol. The summed E-state index contributed by atoms with van der Waals surface area (Å²) >= 11 is 0. The molecule has 0 radical (unpaired) electrons. The first-order valence-electron chi connectivity index (χ1n) is 29.6. The highest BCUT2D eigenvalue weighted by molar-refractivity contribution is 5.78. The molecule has 0 aromatic carbocycles. The van der Waals surface area contributed by atoms with Gasteiger partial charge in [0.15, 0.2) is 0 Å². The van der Waals surface area contributed by atoms with Crippen LogP contribution in [0, 0.1) is 5.92 Å². The molecule has 0 aromatic heterocycles. The number of epoxide rings is 5. The van der Waals surface area contributed by atoms with Crippen LogP contribution >= 0.6 is 0 Å². The van der Waals surface area contributed by atoms with Crippen LogP contribution in [-0.4, -0.2) is 96.8 Å². The molecule has 0 bridgehead atoms. The van der Waals surface area contributed by atoms with E-state index in [-0.39, 0.29) is 24.9 Å². The van der Waals surface area contributed by atoms with Crippen LogP contribution in [0.5, 0.6) is 0 Å². The van der Waals surface area contributed by atoms with Crippen molar-refractivity contribution in [2.24, 2.45) is 5.92 Å². The van der Waals surface area contributed by atoms with E-state index in [0.717, 1.165) is 116 Å². The molecule has 0 amide bonds. The summed E-state index contributed by atoms with van der Waals surface area (Å²) in [4.78, 5) is 38.3. The van der Waals surface area contributed by atoms with Crippen LogP contribution in [-0.2, 0) is 47.5 Å². The van der Waals surface area contributed by atoms with Crippen molar-refractivity contribution in [3.8, 4) is 0 Å². The van der Waals surface area contributed by atoms with E-state index in [4.69, 9.17) is 33.2 Å². The third-order valence-corrected chi connectivity index (χ3v) is 15.9. The zero-order chi connectivity index (χ0) is 48.9. The van der Waals surface area contributed by atoms with Gasteiger partial charge in [-0.1, -0.05) is 175 Å². The lowest BCUT2D eigenvalue weighted by Gasteiger charge is -2.24. The molecule has 11 heteroatoms. The Kier molecular flexibility index (Phi) is 29.1. The molecule has 5 fully saturated rings. The number of carbonyl (C=O) groups is 3. The first kappa shape index (κ1) is 58.1. The number of ether oxygens (including phenoxy) is 7. The second-order valence-electron chi connectivity index (χ2n) is 22.1. The van der Waals surface area contributed by atoms with E-state index in [0.29, 0.717) is 93.1 Å². The molecule has 0 spiro atoms. The first-order valence-corrected chi connectivity index (χ1v) is 29.6. The molecule has 0 aliphatic carbocycles. The maximum absolute atomic E-state index is 13.0. The number of aliphatic carboxylic acids is 1. The minimum absolute atomic E-state index is 0.190. The maximum atomic E-state index is 13.0. The highest BCUT2D eigenvalue weighted by Gasteiger charge is 2.48. The fourth-order valence-electron chi connectivity index (χ4n) is 11.0. The molecule has 12 atom stereocenters. The smallest absolute Gasteiger partial charge is 0.345 e. The van der Waals surface area contributed by atoms with Crippen molar-refractivity contribution in [1.82, 2.24) is 0 Å². The van der Waals surface area contributed by atoms with Gasteiger partial charge >= 0.3 is 17.9 Å². The minimum Gasteiger partial charge on any atom is -0.478 e. The van der Waals surface area contributed by atoms with Crippen molar-refractivity contribution in [1.29, 1.82) is 0 Å². The van der Waals surface area contributed by atoms with Crippen molar-refractivity contribution in [3.63, 3.8) is 0 Å². The Balaban J connectivity index is 0.897. The van der Waals surface area contributed by atoms with Crippen LogP contribution in [0.1, 0.15) is 271 Å². The molecule has 12 unspecified atom stereocenters. The van der Waals surface area contributed by atoms with Gasteiger partial charge in [0, 0.05) is 31.6 Å². The van der Waals surface area contributed by atoms with Crippen LogP contribution in [0.4, 0.5) is 0 Å². The summed E-state index contributed by atoms with van der Waals surface area (Å²) in [5.41, 5.74) is 0. The normalized spacial score (nSPS) is 27.2. The zero-order valence-electron chi connectivity index (χ0n) is 44.2. The van der Waals surface area contributed by atoms with Gasteiger partial charge < -0.3 is 38.3 Å². The first-order chi connectivity index (χ1) is 33.8. The van der Waals surface area contributed by atoms with E-state index in [1.54, 1.807) is 0 Å². The van der Waals surface area contributed by atoms with Crippen LogP contribution in [0.15, 0.2) is 0 Å². The van der Waals surface area contributed by atoms with Crippen LogP contribution in [0.2, 0.25) is 0 Å². The van der Waals surface area contributed by atoms with E-state index in [9.17, 15) is 19.5 Å². The fraction of sp³-hybridized carbons (Fsp3) is 0.948. The average Bonchev–Trinajstić information content (AvgIpc) is 4.06. The number of hydrogen-bond donors (Lipinski definition) is 1. The predicted molar refractivity (Wildman–Crippen MR) is 272 cm³/mol. The Labute approximate surface area is 420 Å². The molecule has 5 aliphatic heterocycles. The number of carboxylic acid groups (broad SMARTS) is 1. The molecule has 5 aliphatic rings. The van der Waals surface area contributed by atoms with E-state index >= 15 is 0 Å². The molecule has 1 N–H and O–H groups in total. The maximum Gasteiger partial charge on any atom is 0.345 e. The van der Waals surface area contributed by atoms with Crippen molar-refractivity contribution >= 4 is 17.9 Å². The summed E-state index contributed by atoms with van der Waals surface area (Å²) in [6.07, 6.45) is 44.0. The molecule has 69 heavy (non-hydrogen) atoms. The Hall–Kier alpha value is -1.79. The van der Waals surface area contributed by atoms with Gasteiger partial charge in [0.05, 0.1) is 67.6 Å². The quantitative estimate of drug-likeness (QED) is 0.0352. The molecule has 400 valence electrons. The number of hydrogen-bond acceptors (Lipinski definition) is 10. The summed E-state index contributed by atoms with van der Waals surface area (Å²) in [6.45, 7) is 6.99. The summed E-state index contributed by atoms with van der Waals surface area (Å²) in [7, 11) is 0. The molecular formula is C58H102O11. The highest BCUT2D eigenvalue weighted by Crippen LogP contribution is 2.41. The SMILES string of the molecule is CCCCCCCCC1OC1CCCCCC(CCCOC(=O)CCCCCCCC1OC1CC1OC1CCCCC)C(OC(=O)CCCCCCCC1OC1CC1OC1CCCCCC)C(=O)O. The van der Waals surface area contributed by atoms with Crippen molar-refractivity contribution < 1.29 is 52.6 Å². The predicted octanol–water partition coefficient (Wildman–Crippen LogP) is 14.3. The lowest BCUT2D eigenvalue weighted by molar-refractivity contribution is -0.168. The number of carboxylic acids is 1. The minimum atomic E-state index is -1.19. The molecule has 0 aromatic rings. The van der Waals surface area contributed by atoms with Gasteiger partial charge in [-0.15, -0.1) is 0 Å². The molecule has 5 heterocycles. The van der Waals surface area contributed by atoms with Gasteiger partial charge in [0.25, 0.3) is 0 Å². The summed E-state index contributed by atoms with van der Waals surface area (Å²) in [5.74, 6) is -2.04. The third-order valence-electron chi connectivity index (χ3n) is 15.9. The van der Waals surface area contributed by atoms with E-state index < -0.39 is 18.0 Å². The van der Waals surface area contributed by atoms with E-state index in [1.807, 2.05) is 0 Å². The fourth-order valence-corrected chi connectivity index (χ4v) is 11.0. The number of carbonyl (C=O) groups excluding carboxylic acids is 2. The van der Waals surface area contributed by atoms with Crippen LogP contribution < -0.4 is 0 Å². The Morgan fingerprint density at radius 2 is 0.710 bits per heavy atom. The summed E-state index contributed by atoms with van der Waals surface area (Å²) < 4.78 is 40.9. The van der Waals surface area contributed by atoms with Crippen molar-refractivity contribution in [2.75, 3.05) is 6.61 Å². The monoisotopic (exact) mass is 975 g/mol. The highest BCUT2D eigenvalue weighted by atomic mass is 16.6. The van der Waals surface area contributed by atoms with E-state index in [2.05, 4.69) is 20.8 Å². The van der Waals surface area contributed by atoms with Gasteiger partial charge in [-0.3, -0.25) is 9.59 Å².